The monoisotopic (exact) mass is 417 g/mol. The van der Waals surface area contributed by atoms with E-state index >= 15 is 0 Å². The number of ether oxygens (including phenoxy) is 1. The summed E-state index contributed by atoms with van der Waals surface area (Å²) < 4.78 is 9.73. The van der Waals surface area contributed by atoms with Gasteiger partial charge >= 0.3 is 0 Å². The first-order valence-corrected chi connectivity index (χ1v) is 10.8. The minimum atomic E-state index is -0.234. The smallest absolute Gasteiger partial charge is 0.159 e. The molecule has 0 saturated heterocycles. The number of nitrogens with zero attached hydrogens (tertiary/aromatic N) is 5. The lowest BCUT2D eigenvalue weighted by Crippen LogP contribution is -2.22. The Morgan fingerprint density at radius 3 is 2.77 bits per heavy atom. The van der Waals surface area contributed by atoms with Crippen molar-refractivity contribution >= 4 is 11.2 Å². The highest BCUT2D eigenvalue weighted by molar-refractivity contribution is 5.81. The largest absolute Gasteiger partial charge is 0.496 e. The second-order valence-corrected chi connectivity index (χ2v) is 8.36. The van der Waals surface area contributed by atoms with Crippen LogP contribution in [0.25, 0.3) is 28.1 Å². The molecule has 3 aromatic heterocycles. The van der Waals surface area contributed by atoms with Gasteiger partial charge in [0, 0.05) is 36.3 Å². The Hall–Kier alpha value is -3.19. The summed E-state index contributed by atoms with van der Waals surface area (Å²) in [7, 11) is 1.67. The highest BCUT2D eigenvalue weighted by Gasteiger charge is 2.25. The topological polar surface area (TPSA) is 78.0 Å². The van der Waals surface area contributed by atoms with Crippen LogP contribution >= 0.6 is 0 Å². The predicted molar refractivity (Wildman–Crippen MR) is 120 cm³/mol. The van der Waals surface area contributed by atoms with Gasteiger partial charge in [0.25, 0.3) is 0 Å². The van der Waals surface area contributed by atoms with Crippen molar-refractivity contribution in [3.8, 4) is 22.7 Å². The van der Waals surface area contributed by atoms with E-state index in [1.807, 2.05) is 37.4 Å². The number of methoxy groups -OCH3 is 1. The summed E-state index contributed by atoms with van der Waals surface area (Å²) in [6.45, 7) is 4.06. The second-order valence-electron chi connectivity index (χ2n) is 8.36. The molecule has 160 valence electrons. The second kappa shape index (κ2) is 7.81. The van der Waals surface area contributed by atoms with Crippen molar-refractivity contribution in [1.29, 1.82) is 0 Å². The summed E-state index contributed by atoms with van der Waals surface area (Å²) in [5.74, 6) is 0.734. The average molecular weight is 418 g/mol. The van der Waals surface area contributed by atoms with Gasteiger partial charge in [-0.3, -0.25) is 0 Å². The third kappa shape index (κ3) is 3.49. The molecule has 0 spiro atoms. The number of aromatic nitrogens is 5. The molecule has 0 bridgehead atoms. The lowest BCUT2D eigenvalue weighted by molar-refractivity contribution is 0.105. The van der Waals surface area contributed by atoms with Crippen LogP contribution in [0.2, 0.25) is 0 Å². The highest BCUT2D eigenvalue weighted by Crippen LogP contribution is 2.36. The Labute approximate surface area is 181 Å². The van der Waals surface area contributed by atoms with Crippen LogP contribution < -0.4 is 4.74 Å². The Morgan fingerprint density at radius 1 is 1.16 bits per heavy atom. The van der Waals surface area contributed by atoms with E-state index < -0.39 is 0 Å². The van der Waals surface area contributed by atoms with E-state index in [1.165, 1.54) is 0 Å². The molecule has 1 N–H and O–H groups in total. The van der Waals surface area contributed by atoms with Crippen LogP contribution in [0.15, 0.2) is 42.9 Å². The number of benzene rings is 1. The third-order valence-corrected chi connectivity index (χ3v) is 6.22. The van der Waals surface area contributed by atoms with E-state index in [0.29, 0.717) is 0 Å². The molecular formula is C24H27N5O2. The maximum atomic E-state index is 10.1. The zero-order valence-electron chi connectivity index (χ0n) is 18.1. The van der Waals surface area contributed by atoms with Gasteiger partial charge in [0.2, 0.25) is 0 Å². The van der Waals surface area contributed by atoms with Crippen LogP contribution in [-0.2, 0) is 0 Å². The van der Waals surface area contributed by atoms with Crippen LogP contribution in [0, 0.1) is 13.8 Å². The van der Waals surface area contributed by atoms with E-state index in [0.717, 1.165) is 70.8 Å². The van der Waals surface area contributed by atoms with Gasteiger partial charge in [0.15, 0.2) is 5.65 Å². The quantitative estimate of drug-likeness (QED) is 0.533. The molecule has 5 rings (SSSR count). The van der Waals surface area contributed by atoms with E-state index in [4.69, 9.17) is 14.7 Å². The van der Waals surface area contributed by atoms with Crippen molar-refractivity contribution in [1.82, 2.24) is 24.3 Å². The molecule has 0 amide bonds. The fraction of sp³-hybridized carbons (Fsp3) is 0.375. The minimum Gasteiger partial charge on any atom is -0.496 e. The van der Waals surface area contributed by atoms with E-state index in [9.17, 15) is 5.11 Å². The molecule has 1 aromatic carbocycles. The molecule has 31 heavy (non-hydrogen) atoms. The molecule has 1 fully saturated rings. The molecule has 7 heteroatoms. The van der Waals surface area contributed by atoms with Crippen LogP contribution in [0.3, 0.4) is 0 Å². The number of aryl methyl sites for hydroxylation is 2. The Kier molecular flexibility index (Phi) is 4.98. The van der Waals surface area contributed by atoms with Crippen LogP contribution in [0.4, 0.5) is 0 Å². The Bertz CT molecular complexity index is 1230. The molecule has 7 nitrogen and oxygen atoms in total. The lowest BCUT2D eigenvalue weighted by Gasteiger charge is -2.27. The van der Waals surface area contributed by atoms with Crippen molar-refractivity contribution in [3.63, 3.8) is 0 Å². The molecule has 1 aliphatic carbocycles. The summed E-state index contributed by atoms with van der Waals surface area (Å²) in [4.78, 5) is 10.00. The number of aliphatic hydroxyl groups excluding tert-OH is 1. The zero-order valence-corrected chi connectivity index (χ0v) is 18.1. The predicted octanol–water partition coefficient (Wildman–Crippen LogP) is 4.39. The third-order valence-electron chi connectivity index (χ3n) is 6.22. The van der Waals surface area contributed by atoms with Gasteiger partial charge in [-0.15, -0.1) is 0 Å². The van der Waals surface area contributed by atoms with E-state index in [2.05, 4.69) is 22.8 Å². The summed E-state index contributed by atoms with van der Waals surface area (Å²) in [5, 5.41) is 14.4. The molecule has 4 aromatic rings. The minimum absolute atomic E-state index is 0.234. The highest BCUT2D eigenvalue weighted by atomic mass is 16.5. The molecule has 0 unspecified atom stereocenters. The van der Waals surface area contributed by atoms with Gasteiger partial charge in [-0.2, -0.15) is 5.10 Å². The van der Waals surface area contributed by atoms with Gasteiger partial charge in [0.1, 0.15) is 11.3 Å². The standard InChI is InChI=1S/C24H27N5O2/c1-15-14-28(17-6-4-7-19(30)12-17)24-22(15)27-23(16(2)26-24)20-9-8-18(13-21(20)31-3)29-11-5-10-25-29/h5,8-11,13-14,17,19,30H,4,6-7,12H2,1-3H3/t17-,19-/m0/s1. The lowest BCUT2D eigenvalue weighted by atomic mass is 9.93. The summed E-state index contributed by atoms with van der Waals surface area (Å²) in [6, 6.07) is 8.15. The molecule has 3 heterocycles. The van der Waals surface area contributed by atoms with Gasteiger partial charge in [-0.1, -0.05) is 0 Å². The SMILES string of the molecule is COc1cc(-n2cccn2)ccc1-c1nc2c(C)cn([C@H]3CCC[C@H](O)C3)c2nc1C. The first-order chi connectivity index (χ1) is 15.0. The molecular weight excluding hydrogens is 390 g/mol. The Morgan fingerprint density at radius 2 is 2.03 bits per heavy atom. The van der Waals surface area contributed by atoms with Crippen LogP contribution in [0.1, 0.15) is 43.0 Å². The molecule has 2 atom stereocenters. The van der Waals surface area contributed by atoms with Gasteiger partial charge in [-0.05, 0) is 63.3 Å². The summed E-state index contributed by atoms with van der Waals surface area (Å²) in [5.41, 5.74) is 6.40. The van der Waals surface area contributed by atoms with Gasteiger partial charge in [-0.25, -0.2) is 14.6 Å². The first kappa shape index (κ1) is 19.8. The number of fused-ring (bicyclic) bond motifs is 1. The maximum Gasteiger partial charge on any atom is 0.159 e. The molecule has 0 aliphatic heterocycles. The number of aliphatic hydroxyl groups is 1. The fourth-order valence-corrected chi connectivity index (χ4v) is 4.65. The molecule has 1 saturated carbocycles. The van der Waals surface area contributed by atoms with E-state index in [1.54, 1.807) is 18.0 Å². The van der Waals surface area contributed by atoms with Crippen LogP contribution in [-0.4, -0.2) is 42.6 Å². The fourth-order valence-electron chi connectivity index (χ4n) is 4.65. The first-order valence-electron chi connectivity index (χ1n) is 10.8. The average Bonchev–Trinajstić information content (AvgIpc) is 3.41. The number of hydrogen-bond acceptors (Lipinski definition) is 5. The number of hydrogen-bond donors (Lipinski definition) is 1. The van der Waals surface area contributed by atoms with Gasteiger partial charge < -0.3 is 14.4 Å². The van der Waals surface area contributed by atoms with Crippen molar-refractivity contribution in [2.24, 2.45) is 0 Å². The summed E-state index contributed by atoms with van der Waals surface area (Å²) in [6.07, 6.45) is 9.31. The zero-order chi connectivity index (χ0) is 21.5. The molecule has 0 radical (unpaired) electrons. The maximum absolute atomic E-state index is 10.1. The summed E-state index contributed by atoms with van der Waals surface area (Å²) >= 11 is 0. The van der Waals surface area contributed by atoms with Crippen molar-refractivity contribution in [2.75, 3.05) is 7.11 Å². The van der Waals surface area contributed by atoms with E-state index in [-0.39, 0.29) is 12.1 Å². The van der Waals surface area contributed by atoms with Gasteiger partial charge in [0.05, 0.1) is 30.3 Å². The number of rotatable bonds is 4. The molecule has 1 aliphatic rings. The van der Waals surface area contributed by atoms with Crippen LogP contribution in [0.5, 0.6) is 5.75 Å². The van der Waals surface area contributed by atoms with Crippen molar-refractivity contribution < 1.29 is 9.84 Å². The van der Waals surface area contributed by atoms with Crippen molar-refractivity contribution in [2.45, 2.75) is 51.7 Å². The van der Waals surface area contributed by atoms with Crippen molar-refractivity contribution in [3.05, 3.63) is 54.1 Å². The normalized spacial score (nSPS) is 19.1. The Balaban J connectivity index is 1.60.